The highest BCUT2D eigenvalue weighted by Gasteiger charge is 2.28. The molecule has 1 heterocycles. The Labute approximate surface area is 115 Å². The Balaban J connectivity index is 2.84. The summed E-state index contributed by atoms with van der Waals surface area (Å²) >= 11 is 2.38. The van der Waals surface area contributed by atoms with Crippen molar-refractivity contribution < 1.29 is 4.55 Å². The molecule has 0 aromatic carbocycles. The van der Waals surface area contributed by atoms with Crippen molar-refractivity contribution in [2.45, 2.75) is 45.4 Å². The van der Waals surface area contributed by atoms with Crippen molar-refractivity contribution >= 4 is 27.3 Å². The van der Waals surface area contributed by atoms with Crippen LogP contribution in [0.25, 0.3) is 0 Å². The highest BCUT2D eigenvalue weighted by molar-refractivity contribution is 9.10. The number of hydrogen-bond acceptors (Lipinski definition) is 3. The topological polar surface area (TPSA) is 48.0 Å². The Kier molecular flexibility index (Phi) is 5.01. The molecule has 96 valence electrons. The van der Waals surface area contributed by atoms with E-state index in [1.807, 2.05) is 40.8 Å². The van der Waals surface area contributed by atoms with Gasteiger partial charge >= 0.3 is 0 Å². The van der Waals surface area contributed by atoms with Crippen molar-refractivity contribution in [1.29, 1.82) is 0 Å². The van der Waals surface area contributed by atoms with E-state index in [4.69, 9.17) is 0 Å². The molecule has 0 spiro atoms. The van der Waals surface area contributed by atoms with Crippen LogP contribution in [-0.2, 0) is 11.4 Å². The van der Waals surface area contributed by atoms with Crippen molar-refractivity contribution in [3.63, 3.8) is 0 Å². The zero-order chi connectivity index (χ0) is 13.2. The van der Waals surface area contributed by atoms with Gasteiger partial charge in [-0.25, -0.2) is 0 Å². The molecule has 17 heavy (non-hydrogen) atoms. The van der Waals surface area contributed by atoms with Crippen LogP contribution in [0, 0.1) is 6.92 Å². The molecule has 1 unspecified atom stereocenters. The number of rotatable bonds is 3. The van der Waals surface area contributed by atoms with Crippen LogP contribution in [0.1, 0.15) is 44.9 Å². The first-order valence-electron chi connectivity index (χ1n) is 5.51. The van der Waals surface area contributed by atoms with E-state index in [0.29, 0.717) is 0 Å². The Morgan fingerprint density at radius 1 is 1.41 bits per heavy atom. The van der Waals surface area contributed by atoms with E-state index in [1.54, 1.807) is 6.20 Å². The lowest BCUT2D eigenvalue weighted by Gasteiger charge is -2.27. The predicted octanol–water partition coefficient (Wildman–Crippen LogP) is 3.27. The van der Waals surface area contributed by atoms with E-state index in [-0.39, 0.29) is 10.8 Å². The van der Waals surface area contributed by atoms with Gasteiger partial charge in [0.2, 0.25) is 0 Å². The van der Waals surface area contributed by atoms with E-state index in [2.05, 4.69) is 25.6 Å². The number of pyridine rings is 1. The molecule has 0 saturated heterocycles. The zero-order valence-corrected chi connectivity index (χ0v) is 13.3. The Morgan fingerprint density at radius 3 is 2.53 bits per heavy atom. The third-order valence-electron chi connectivity index (χ3n) is 2.50. The van der Waals surface area contributed by atoms with Gasteiger partial charge in [-0.15, -0.1) is 4.72 Å². The first-order valence-corrected chi connectivity index (χ1v) is 7.46. The minimum absolute atomic E-state index is 0.0139. The molecular formula is C12H19BrN2OS. The third kappa shape index (κ3) is 3.95. The average molecular weight is 319 g/mol. The van der Waals surface area contributed by atoms with Crippen LogP contribution in [0.2, 0.25) is 0 Å². The standard InChI is InChI=1S/C12H19BrN2OS/c1-8-10(6-14-7-11(8)13)9(2)15-17(16)12(3,4)5/h6-7,9,15H,1-5H3/t9?,17-/m1/s1. The molecule has 1 N–H and O–H groups in total. The summed E-state index contributed by atoms with van der Waals surface area (Å²) in [5, 5.41) is 0. The fraction of sp³-hybridized carbons (Fsp3) is 0.583. The van der Waals surface area contributed by atoms with Gasteiger partial charge in [-0.3, -0.25) is 4.98 Å². The van der Waals surface area contributed by atoms with E-state index >= 15 is 0 Å². The normalized spacial score (nSPS) is 15.7. The molecule has 2 atom stereocenters. The van der Waals surface area contributed by atoms with Crippen molar-refractivity contribution in [1.82, 2.24) is 9.71 Å². The zero-order valence-electron chi connectivity index (χ0n) is 10.9. The van der Waals surface area contributed by atoms with Crippen molar-refractivity contribution in [3.8, 4) is 0 Å². The monoisotopic (exact) mass is 318 g/mol. The van der Waals surface area contributed by atoms with Gasteiger partial charge in [0.1, 0.15) is 4.75 Å². The van der Waals surface area contributed by atoms with Crippen LogP contribution in [0.3, 0.4) is 0 Å². The molecule has 0 saturated carbocycles. The summed E-state index contributed by atoms with van der Waals surface area (Å²) in [5.41, 5.74) is 2.20. The minimum Gasteiger partial charge on any atom is -0.598 e. The number of aromatic nitrogens is 1. The maximum absolute atomic E-state index is 12.0. The third-order valence-corrected chi connectivity index (χ3v) is 4.98. The average Bonchev–Trinajstić information content (AvgIpc) is 2.20. The SMILES string of the molecule is Cc1c(Br)cncc1C(C)N[S@+]([O-])C(C)(C)C. The maximum atomic E-state index is 12.0. The summed E-state index contributed by atoms with van der Waals surface area (Å²) in [7, 11) is 0. The maximum Gasteiger partial charge on any atom is 0.136 e. The van der Waals surface area contributed by atoms with Crippen LogP contribution in [0.5, 0.6) is 0 Å². The lowest BCUT2D eigenvalue weighted by atomic mass is 10.1. The molecule has 0 fully saturated rings. The molecule has 5 heteroatoms. The van der Waals surface area contributed by atoms with Gasteiger partial charge in [-0.05, 0) is 61.7 Å². The molecule has 0 amide bonds. The number of nitrogens with one attached hydrogen (secondary N) is 1. The van der Waals surface area contributed by atoms with Crippen LogP contribution >= 0.6 is 15.9 Å². The van der Waals surface area contributed by atoms with Gasteiger partial charge in [-0.1, -0.05) is 0 Å². The first kappa shape index (κ1) is 15.0. The minimum atomic E-state index is -1.08. The molecule has 1 aromatic rings. The molecule has 1 rings (SSSR count). The second-order valence-electron chi connectivity index (χ2n) is 5.06. The van der Waals surface area contributed by atoms with E-state index in [0.717, 1.165) is 15.6 Å². The Morgan fingerprint density at radius 2 is 2.00 bits per heavy atom. The van der Waals surface area contributed by atoms with E-state index < -0.39 is 11.4 Å². The number of hydrogen-bond donors (Lipinski definition) is 1. The largest absolute Gasteiger partial charge is 0.598 e. The Hall–Kier alpha value is -0.100. The second-order valence-corrected chi connectivity index (χ2v) is 7.91. The van der Waals surface area contributed by atoms with Gasteiger partial charge in [-0.2, -0.15) is 0 Å². The summed E-state index contributed by atoms with van der Waals surface area (Å²) in [6.45, 7) is 9.89. The summed E-state index contributed by atoms with van der Waals surface area (Å²) in [5.74, 6) is 0. The number of nitrogens with zero attached hydrogens (tertiary/aromatic N) is 1. The van der Waals surface area contributed by atoms with Gasteiger partial charge in [0.05, 0.1) is 6.04 Å². The molecule has 0 aliphatic carbocycles. The summed E-state index contributed by atoms with van der Waals surface area (Å²) in [6, 6.07) is 0.0139. The van der Waals surface area contributed by atoms with Gasteiger partial charge in [0, 0.05) is 28.2 Å². The quantitative estimate of drug-likeness (QED) is 0.870. The highest BCUT2D eigenvalue weighted by Crippen LogP contribution is 2.25. The lowest BCUT2D eigenvalue weighted by Crippen LogP contribution is -2.40. The molecular weight excluding hydrogens is 300 g/mol. The second kappa shape index (κ2) is 5.69. The van der Waals surface area contributed by atoms with Crippen molar-refractivity contribution in [3.05, 3.63) is 28.0 Å². The van der Waals surface area contributed by atoms with Gasteiger partial charge in [0.15, 0.2) is 0 Å². The molecule has 3 nitrogen and oxygen atoms in total. The number of halogens is 1. The lowest BCUT2D eigenvalue weighted by molar-refractivity contribution is 0.530. The van der Waals surface area contributed by atoms with Crippen LogP contribution in [0.4, 0.5) is 0 Å². The molecule has 0 bridgehead atoms. The van der Waals surface area contributed by atoms with Crippen LogP contribution < -0.4 is 4.72 Å². The summed E-state index contributed by atoms with van der Waals surface area (Å²) in [6.07, 6.45) is 3.59. The molecule has 1 aromatic heterocycles. The molecule has 0 radical (unpaired) electrons. The smallest absolute Gasteiger partial charge is 0.136 e. The van der Waals surface area contributed by atoms with Crippen LogP contribution in [0.15, 0.2) is 16.9 Å². The molecule has 0 aliphatic rings. The van der Waals surface area contributed by atoms with Gasteiger partial charge in [0.25, 0.3) is 0 Å². The fourth-order valence-corrected chi connectivity index (χ4v) is 2.50. The van der Waals surface area contributed by atoms with E-state index in [9.17, 15) is 4.55 Å². The predicted molar refractivity (Wildman–Crippen MR) is 76.1 cm³/mol. The molecule has 0 aliphatic heterocycles. The first-order chi connectivity index (χ1) is 7.73. The van der Waals surface area contributed by atoms with E-state index in [1.165, 1.54) is 0 Å². The van der Waals surface area contributed by atoms with Crippen molar-refractivity contribution in [2.24, 2.45) is 0 Å². The summed E-state index contributed by atoms with van der Waals surface area (Å²) < 4.78 is 15.8. The Bertz CT molecular complexity index is 393. The van der Waals surface area contributed by atoms with Crippen molar-refractivity contribution in [2.75, 3.05) is 0 Å². The fourth-order valence-electron chi connectivity index (χ4n) is 1.35. The summed E-state index contributed by atoms with van der Waals surface area (Å²) in [4.78, 5) is 4.15. The van der Waals surface area contributed by atoms with Gasteiger partial charge < -0.3 is 4.55 Å². The highest BCUT2D eigenvalue weighted by atomic mass is 79.9. The van der Waals surface area contributed by atoms with Crippen LogP contribution in [-0.4, -0.2) is 14.3 Å².